The Hall–Kier alpha value is -2.90. The first kappa shape index (κ1) is 11.6. The van der Waals surface area contributed by atoms with Gasteiger partial charge in [0.05, 0.1) is 0 Å². The van der Waals surface area contributed by atoms with Gasteiger partial charge >= 0.3 is 11.8 Å². The molecule has 0 atom stereocenters. The van der Waals surface area contributed by atoms with Crippen molar-refractivity contribution in [2.45, 2.75) is 0 Å². The van der Waals surface area contributed by atoms with Crippen LogP contribution in [0.1, 0.15) is 0 Å². The van der Waals surface area contributed by atoms with Gasteiger partial charge in [-0.3, -0.25) is 15.1 Å². The molecule has 2 rings (SSSR count). The average Bonchev–Trinajstić information content (AvgIpc) is 2.34. The van der Waals surface area contributed by atoms with Crippen molar-refractivity contribution < 1.29 is 9.53 Å². The van der Waals surface area contributed by atoms with Crippen LogP contribution >= 0.6 is 0 Å². The van der Waals surface area contributed by atoms with Crippen molar-refractivity contribution in [3.63, 3.8) is 0 Å². The van der Waals surface area contributed by atoms with Crippen LogP contribution < -0.4 is 21.3 Å². The first-order valence-electron chi connectivity index (χ1n) is 4.88. The molecule has 8 nitrogen and oxygen atoms in total. The number of anilines is 1. The van der Waals surface area contributed by atoms with E-state index in [2.05, 4.69) is 10.4 Å². The number of nitrogens with zero attached hydrogens (tertiary/aromatic N) is 1. The number of aromatic amines is 2. The minimum atomic E-state index is -0.883. The topological polar surface area (TPSA) is 117 Å². The van der Waals surface area contributed by atoms with E-state index in [1.807, 2.05) is 10.1 Å². The molecule has 0 saturated heterocycles. The number of carbonyl (C=O) groups is 1. The molecule has 8 heteroatoms. The van der Waals surface area contributed by atoms with Crippen molar-refractivity contribution in [3.8, 4) is 5.75 Å². The molecule has 0 aliphatic carbocycles. The summed E-state index contributed by atoms with van der Waals surface area (Å²) < 4.78 is 4.87. The predicted octanol–water partition coefficient (Wildman–Crippen LogP) is 0.0691. The monoisotopic (exact) mass is 248 g/mol. The predicted molar refractivity (Wildman–Crippen MR) is 61.6 cm³/mol. The number of hydrogen-bond acceptors (Lipinski definition) is 5. The van der Waals surface area contributed by atoms with Gasteiger partial charge in [-0.2, -0.15) is 0 Å². The summed E-state index contributed by atoms with van der Waals surface area (Å²) in [5, 5.41) is 7.44. The van der Waals surface area contributed by atoms with E-state index in [1.54, 1.807) is 30.3 Å². The van der Waals surface area contributed by atoms with Crippen LogP contribution in [-0.2, 0) is 0 Å². The number of rotatable bonds is 2. The lowest BCUT2D eigenvalue weighted by molar-refractivity contribution is 0.215. The fourth-order valence-electron chi connectivity index (χ4n) is 1.15. The molecule has 0 aliphatic rings. The summed E-state index contributed by atoms with van der Waals surface area (Å²) in [6.07, 6.45) is -0.883. The zero-order valence-electron chi connectivity index (χ0n) is 8.97. The Morgan fingerprint density at radius 3 is 2.61 bits per heavy atom. The Balaban J connectivity index is 2.08. The van der Waals surface area contributed by atoms with Gasteiger partial charge < -0.3 is 4.74 Å². The number of H-pyrrole nitrogens is 2. The lowest BCUT2D eigenvalue weighted by atomic mass is 10.3. The zero-order chi connectivity index (χ0) is 13.0. The van der Waals surface area contributed by atoms with E-state index in [4.69, 9.17) is 4.74 Å². The number of para-hydroxylation sites is 1. The second-order valence-electron chi connectivity index (χ2n) is 3.18. The number of benzene rings is 1. The molecular formula is C10H8N4O4. The van der Waals surface area contributed by atoms with Crippen LogP contribution in [0.25, 0.3) is 0 Å². The smallest absolute Gasteiger partial charge is 0.410 e. The molecule has 0 saturated carbocycles. The van der Waals surface area contributed by atoms with Gasteiger partial charge in [-0.25, -0.2) is 14.7 Å². The van der Waals surface area contributed by atoms with Crippen LogP contribution in [0.15, 0.2) is 39.9 Å². The first-order chi connectivity index (χ1) is 8.65. The number of amides is 1. The first-order valence-corrected chi connectivity index (χ1v) is 4.88. The van der Waals surface area contributed by atoms with Crippen molar-refractivity contribution in [1.29, 1.82) is 0 Å². The minimum Gasteiger partial charge on any atom is -0.410 e. The summed E-state index contributed by atoms with van der Waals surface area (Å²) in [6.45, 7) is 0. The SMILES string of the molecule is O=C(Nc1n[nH]c(=O)[nH]c1=O)Oc1ccccc1. The largest absolute Gasteiger partial charge is 0.418 e. The van der Waals surface area contributed by atoms with Gasteiger partial charge in [-0.15, -0.1) is 5.10 Å². The summed E-state index contributed by atoms with van der Waals surface area (Å²) in [5.74, 6) is -0.0358. The van der Waals surface area contributed by atoms with Gasteiger partial charge in [0.1, 0.15) is 5.75 Å². The van der Waals surface area contributed by atoms with Crippen molar-refractivity contribution in [2.24, 2.45) is 0 Å². The maximum atomic E-state index is 11.4. The lowest BCUT2D eigenvalue weighted by Crippen LogP contribution is -2.30. The maximum Gasteiger partial charge on any atom is 0.418 e. The van der Waals surface area contributed by atoms with Crippen LogP contribution in [0, 0.1) is 0 Å². The third kappa shape index (κ3) is 2.82. The lowest BCUT2D eigenvalue weighted by Gasteiger charge is -2.04. The van der Waals surface area contributed by atoms with Crippen LogP contribution in [0.5, 0.6) is 5.75 Å². The molecule has 2 aromatic rings. The third-order valence-electron chi connectivity index (χ3n) is 1.89. The number of carbonyl (C=O) groups excluding carboxylic acids is 1. The van der Waals surface area contributed by atoms with Crippen molar-refractivity contribution in [3.05, 3.63) is 51.2 Å². The molecule has 92 valence electrons. The maximum absolute atomic E-state index is 11.4. The second kappa shape index (κ2) is 4.95. The highest BCUT2D eigenvalue weighted by Gasteiger charge is 2.09. The van der Waals surface area contributed by atoms with Gasteiger partial charge in [-0.05, 0) is 12.1 Å². The Labute approximate surface area is 99.6 Å². The van der Waals surface area contributed by atoms with Gasteiger partial charge in [-0.1, -0.05) is 18.2 Å². The molecule has 0 unspecified atom stereocenters. The van der Waals surface area contributed by atoms with E-state index in [1.165, 1.54) is 0 Å². The van der Waals surface area contributed by atoms with Crippen molar-refractivity contribution in [2.75, 3.05) is 5.32 Å². The summed E-state index contributed by atoms with van der Waals surface area (Å²) in [7, 11) is 0. The Morgan fingerprint density at radius 1 is 1.22 bits per heavy atom. The summed E-state index contributed by atoms with van der Waals surface area (Å²) in [4.78, 5) is 35.2. The van der Waals surface area contributed by atoms with Crippen molar-refractivity contribution in [1.82, 2.24) is 15.2 Å². The molecule has 18 heavy (non-hydrogen) atoms. The summed E-state index contributed by atoms with van der Waals surface area (Å²) in [5.41, 5.74) is -1.58. The average molecular weight is 248 g/mol. The Bertz CT molecular complexity index is 661. The van der Waals surface area contributed by atoms with Crippen LogP contribution in [0.4, 0.5) is 10.6 Å². The number of aromatic nitrogens is 3. The van der Waals surface area contributed by atoms with Crippen LogP contribution in [0.3, 0.4) is 0 Å². The fourth-order valence-corrected chi connectivity index (χ4v) is 1.15. The van der Waals surface area contributed by atoms with Gasteiger partial charge in [0.2, 0.25) is 5.82 Å². The highest BCUT2D eigenvalue weighted by atomic mass is 16.6. The molecule has 1 aromatic carbocycles. The fraction of sp³-hybridized carbons (Fsp3) is 0. The molecule has 3 N–H and O–H groups in total. The van der Waals surface area contributed by atoms with Gasteiger partial charge in [0.15, 0.2) is 0 Å². The van der Waals surface area contributed by atoms with Crippen LogP contribution in [-0.4, -0.2) is 21.3 Å². The quantitative estimate of drug-likeness (QED) is 0.695. The number of nitrogens with one attached hydrogen (secondary N) is 3. The molecule has 0 bridgehead atoms. The summed E-state index contributed by atoms with van der Waals surface area (Å²) in [6, 6.07) is 8.29. The van der Waals surface area contributed by atoms with E-state index < -0.39 is 17.3 Å². The van der Waals surface area contributed by atoms with Gasteiger partial charge in [0, 0.05) is 0 Å². The second-order valence-corrected chi connectivity index (χ2v) is 3.18. The van der Waals surface area contributed by atoms with Crippen LogP contribution in [0.2, 0.25) is 0 Å². The van der Waals surface area contributed by atoms with Crippen molar-refractivity contribution >= 4 is 11.9 Å². The van der Waals surface area contributed by atoms with Gasteiger partial charge in [0.25, 0.3) is 5.56 Å². The third-order valence-corrected chi connectivity index (χ3v) is 1.89. The Morgan fingerprint density at radius 2 is 1.94 bits per heavy atom. The van der Waals surface area contributed by atoms with E-state index in [0.29, 0.717) is 5.75 Å². The minimum absolute atomic E-state index is 0.316. The van der Waals surface area contributed by atoms with E-state index in [0.717, 1.165) is 0 Å². The van der Waals surface area contributed by atoms with E-state index in [-0.39, 0.29) is 5.82 Å². The number of hydrogen-bond donors (Lipinski definition) is 3. The highest BCUT2D eigenvalue weighted by molar-refractivity contribution is 5.84. The molecule has 0 radical (unpaired) electrons. The normalized spacial score (nSPS) is 9.78. The molecule has 0 aliphatic heterocycles. The molecule has 1 amide bonds. The molecule has 0 spiro atoms. The summed E-state index contributed by atoms with van der Waals surface area (Å²) >= 11 is 0. The Kier molecular flexibility index (Phi) is 3.19. The molecular weight excluding hydrogens is 240 g/mol. The highest BCUT2D eigenvalue weighted by Crippen LogP contribution is 2.08. The standard InChI is InChI=1S/C10H8N4O4/c15-8-7(13-14-9(16)12-8)11-10(17)18-6-4-2-1-3-5-6/h1-5H,(H,11,13,17)(H2,12,14,15,16). The van der Waals surface area contributed by atoms with E-state index in [9.17, 15) is 14.4 Å². The molecule has 1 aromatic heterocycles. The molecule has 1 heterocycles. The number of ether oxygens (including phenoxy) is 1. The molecule has 0 fully saturated rings. The zero-order valence-corrected chi connectivity index (χ0v) is 8.97. The van der Waals surface area contributed by atoms with E-state index >= 15 is 0 Å².